The fourth-order valence-electron chi connectivity index (χ4n) is 1.96. The van der Waals surface area contributed by atoms with E-state index in [9.17, 15) is 9.90 Å². The summed E-state index contributed by atoms with van der Waals surface area (Å²) in [6.07, 6.45) is 4.43. The molecule has 0 spiro atoms. The number of carbonyl (C=O) groups is 1. The molecule has 18 heavy (non-hydrogen) atoms. The first-order valence-electron chi connectivity index (χ1n) is 6.25. The summed E-state index contributed by atoms with van der Waals surface area (Å²) in [5.74, 6) is -0.265. The third-order valence-corrected chi connectivity index (χ3v) is 3.18. The Morgan fingerprint density at radius 2 is 2.17 bits per heavy atom. The van der Waals surface area contributed by atoms with Crippen LogP contribution in [0.25, 0.3) is 0 Å². The molecule has 1 unspecified atom stereocenters. The van der Waals surface area contributed by atoms with Gasteiger partial charge in [-0.15, -0.1) is 0 Å². The Hall–Kier alpha value is -1.62. The minimum atomic E-state index is -0.525. The van der Waals surface area contributed by atoms with Crippen LogP contribution in [0.5, 0.6) is 0 Å². The number of anilines is 1. The predicted octanol–water partition coefficient (Wildman–Crippen LogP) is 1.39. The summed E-state index contributed by atoms with van der Waals surface area (Å²) < 4.78 is 0. The van der Waals surface area contributed by atoms with E-state index in [0.29, 0.717) is 17.8 Å². The maximum atomic E-state index is 11.2. The molecule has 0 saturated carbocycles. The van der Waals surface area contributed by atoms with Gasteiger partial charge in [0.05, 0.1) is 17.4 Å². The van der Waals surface area contributed by atoms with Crippen molar-refractivity contribution < 1.29 is 9.90 Å². The Kier molecular flexibility index (Phi) is 5.58. The summed E-state index contributed by atoms with van der Waals surface area (Å²) in [7, 11) is 0. The van der Waals surface area contributed by atoms with Gasteiger partial charge in [-0.1, -0.05) is 26.7 Å². The molecule has 5 nitrogen and oxygen atoms in total. The highest BCUT2D eigenvalue weighted by Gasteiger charge is 2.16. The van der Waals surface area contributed by atoms with Gasteiger partial charge in [0.25, 0.3) is 5.91 Å². The van der Waals surface area contributed by atoms with E-state index in [1.807, 2.05) is 0 Å². The van der Waals surface area contributed by atoms with E-state index in [-0.39, 0.29) is 5.92 Å². The molecule has 1 rings (SSSR count). The maximum absolute atomic E-state index is 11.2. The molecule has 1 aromatic heterocycles. The summed E-state index contributed by atoms with van der Waals surface area (Å²) in [6.45, 7) is 4.51. The lowest BCUT2D eigenvalue weighted by atomic mass is 9.96. The van der Waals surface area contributed by atoms with E-state index in [0.717, 1.165) is 12.8 Å². The molecule has 1 atom stereocenters. The fourth-order valence-corrected chi connectivity index (χ4v) is 1.96. The number of nitrogens with two attached hydrogens (primary N) is 1. The Labute approximate surface area is 107 Å². The lowest BCUT2D eigenvalue weighted by molar-refractivity contribution is 0.0999. The number of rotatable bonds is 7. The first kappa shape index (κ1) is 14.4. The number of aromatic nitrogens is 1. The quantitative estimate of drug-likeness (QED) is 0.683. The van der Waals surface area contributed by atoms with Gasteiger partial charge in [-0.2, -0.15) is 0 Å². The SMILES string of the molecule is CCC(CC)C(O)CNc1ccncc1C(N)=O. The van der Waals surface area contributed by atoms with E-state index in [1.54, 1.807) is 12.3 Å². The molecule has 0 saturated heterocycles. The van der Waals surface area contributed by atoms with Gasteiger partial charge in [-0.05, 0) is 12.0 Å². The summed E-state index contributed by atoms with van der Waals surface area (Å²) >= 11 is 0. The summed E-state index contributed by atoms with van der Waals surface area (Å²) in [5, 5.41) is 13.1. The zero-order chi connectivity index (χ0) is 13.5. The Bertz CT molecular complexity index is 392. The highest BCUT2D eigenvalue weighted by molar-refractivity contribution is 5.98. The highest BCUT2D eigenvalue weighted by atomic mass is 16.3. The van der Waals surface area contributed by atoms with Crippen molar-refractivity contribution in [3.63, 3.8) is 0 Å². The van der Waals surface area contributed by atoms with Crippen molar-refractivity contribution in [1.29, 1.82) is 0 Å². The average molecular weight is 251 g/mol. The van der Waals surface area contributed by atoms with Crippen molar-refractivity contribution >= 4 is 11.6 Å². The second-order valence-electron chi connectivity index (χ2n) is 4.31. The number of aliphatic hydroxyl groups is 1. The van der Waals surface area contributed by atoms with Crippen molar-refractivity contribution in [2.45, 2.75) is 32.8 Å². The molecule has 0 aliphatic heterocycles. The normalized spacial score (nSPS) is 12.4. The van der Waals surface area contributed by atoms with Gasteiger partial charge in [-0.3, -0.25) is 9.78 Å². The van der Waals surface area contributed by atoms with Gasteiger partial charge in [0, 0.05) is 18.9 Å². The van der Waals surface area contributed by atoms with Gasteiger partial charge in [0.1, 0.15) is 0 Å². The molecule has 100 valence electrons. The molecule has 1 aromatic rings. The number of nitrogens with zero attached hydrogens (tertiary/aromatic N) is 1. The first-order valence-corrected chi connectivity index (χ1v) is 6.25. The number of primary amides is 1. The van der Waals surface area contributed by atoms with Crippen LogP contribution in [0.4, 0.5) is 5.69 Å². The minimum absolute atomic E-state index is 0.261. The van der Waals surface area contributed by atoms with E-state index in [1.165, 1.54) is 6.20 Å². The van der Waals surface area contributed by atoms with E-state index >= 15 is 0 Å². The Balaban J connectivity index is 2.66. The summed E-state index contributed by atoms with van der Waals surface area (Å²) in [4.78, 5) is 15.1. The summed E-state index contributed by atoms with van der Waals surface area (Å²) in [6, 6.07) is 1.68. The van der Waals surface area contributed by atoms with Crippen LogP contribution in [0.15, 0.2) is 18.5 Å². The van der Waals surface area contributed by atoms with Gasteiger partial charge in [-0.25, -0.2) is 0 Å². The van der Waals surface area contributed by atoms with Crippen molar-refractivity contribution in [3.05, 3.63) is 24.0 Å². The number of hydrogen-bond acceptors (Lipinski definition) is 4. The third-order valence-electron chi connectivity index (χ3n) is 3.18. The molecule has 5 heteroatoms. The summed E-state index contributed by atoms with van der Waals surface area (Å²) in [5.41, 5.74) is 6.21. The van der Waals surface area contributed by atoms with Gasteiger partial charge in [0.2, 0.25) is 0 Å². The highest BCUT2D eigenvalue weighted by Crippen LogP contribution is 2.16. The minimum Gasteiger partial charge on any atom is -0.391 e. The van der Waals surface area contributed by atoms with Crippen molar-refractivity contribution in [2.75, 3.05) is 11.9 Å². The van der Waals surface area contributed by atoms with Crippen LogP contribution in [0, 0.1) is 5.92 Å². The zero-order valence-corrected chi connectivity index (χ0v) is 10.9. The molecular weight excluding hydrogens is 230 g/mol. The monoisotopic (exact) mass is 251 g/mol. The third kappa shape index (κ3) is 3.70. The van der Waals surface area contributed by atoms with Crippen LogP contribution in [-0.4, -0.2) is 28.6 Å². The van der Waals surface area contributed by atoms with Crippen molar-refractivity contribution in [2.24, 2.45) is 11.7 Å². The largest absolute Gasteiger partial charge is 0.391 e. The fraction of sp³-hybridized carbons (Fsp3) is 0.538. The standard InChI is InChI=1S/C13H21N3O2/c1-3-9(4-2)12(17)8-16-11-5-6-15-7-10(11)13(14)18/h5-7,9,12,17H,3-4,8H2,1-2H3,(H2,14,18)(H,15,16). The molecular formula is C13H21N3O2. The topological polar surface area (TPSA) is 88.2 Å². The van der Waals surface area contributed by atoms with Crippen LogP contribution in [0.2, 0.25) is 0 Å². The molecule has 0 aromatic carbocycles. The number of carbonyl (C=O) groups excluding carboxylic acids is 1. The zero-order valence-electron chi connectivity index (χ0n) is 10.9. The molecule has 0 aliphatic rings. The van der Waals surface area contributed by atoms with Gasteiger partial charge >= 0.3 is 0 Å². The van der Waals surface area contributed by atoms with Crippen LogP contribution in [-0.2, 0) is 0 Å². The number of amides is 1. The van der Waals surface area contributed by atoms with Crippen molar-refractivity contribution in [1.82, 2.24) is 4.98 Å². The molecule has 0 fully saturated rings. The van der Waals surface area contributed by atoms with E-state index in [4.69, 9.17) is 5.73 Å². The Morgan fingerprint density at radius 1 is 1.50 bits per heavy atom. The molecule has 1 heterocycles. The molecule has 0 bridgehead atoms. The van der Waals surface area contributed by atoms with Crippen molar-refractivity contribution in [3.8, 4) is 0 Å². The first-order chi connectivity index (χ1) is 8.60. The van der Waals surface area contributed by atoms with E-state index in [2.05, 4.69) is 24.1 Å². The van der Waals surface area contributed by atoms with E-state index < -0.39 is 12.0 Å². The van der Waals surface area contributed by atoms with Gasteiger partial charge in [0.15, 0.2) is 0 Å². The average Bonchev–Trinajstić information content (AvgIpc) is 2.38. The lowest BCUT2D eigenvalue weighted by Gasteiger charge is -2.21. The predicted molar refractivity (Wildman–Crippen MR) is 71.3 cm³/mol. The molecule has 1 amide bonds. The second kappa shape index (κ2) is 6.96. The molecule has 4 N–H and O–H groups in total. The van der Waals surface area contributed by atoms with Crippen LogP contribution < -0.4 is 11.1 Å². The van der Waals surface area contributed by atoms with Crippen LogP contribution >= 0.6 is 0 Å². The second-order valence-corrected chi connectivity index (χ2v) is 4.31. The molecule has 0 aliphatic carbocycles. The number of pyridine rings is 1. The van der Waals surface area contributed by atoms with Crippen LogP contribution in [0.3, 0.4) is 0 Å². The number of aliphatic hydroxyl groups excluding tert-OH is 1. The number of nitrogens with one attached hydrogen (secondary N) is 1. The number of hydrogen-bond donors (Lipinski definition) is 3. The van der Waals surface area contributed by atoms with Gasteiger partial charge < -0.3 is 16.2 Å². The van der Waals surface area contributed by atoms with Crippen LogP contribution in [0.1, 0.15) is 37.0 Å². The smallest absolute Gasteiger partial charge is 0.252 e. The maximum Gasteiger partial charge on any atom is 0.252 e. The lowest BCUT2D eigenvalue weighted by Crippen LogP contribution is -2.28. The Morgan fingerprint density at radius 3 is 2.72 bits per heavy atom. The molecule has 0 radical (unpaired) electrons.